The van der Waals surface area contributed by atoms with E-state index in [9.17, 15) is 14.0 Å². The number of carbonyl (C=O) groups excluding carboxylic acids is 2. The fourth-order valence-electron chi connectivity index (χ4n) is 3.36. The zero-order chi connectivity index (χ0) is 20.4. The smallest absolute Gasteiger partial charge is 0.258 e. The first kappa shape index (κ1) is 18.7. The van der Waals surface area contributed by atoms with Crippen LogP contribution in [0.4, 0.5) is 15.8 Å². The molecule has 0 fully saturated rings. The Morgan fingerprint density at radius 2 is 1.66 bits per heavy atom. The van der Waals surface area contributed by atoms with Crippen molar-refractivity contribution in [1.29, 1.82) is 0 Å². The van der Waals surface area contributed by atoms with Crippen LogP contribution in [-0.2, 0) is 6.42 Å². The molecule has 1 aliphatic rings. The van der Waals surface area contributed by atoms with E-state index in [1.165, 1.54) is 24.3 Å². The fourth-order valence-corrected chi connectivity index (χ4v) is 3.36. The number of anilines is 2. The topological polar surface area (TPSA) is 58.6 Å². The van der Waals surface area contributed by atoms with Gasteiger partial charge < -0.3 is 15.0 Å². The summed E-state index contributed by atoms with van der Waals surface area (Å²) < 4.78 is 18.3. The number of halogens is 1. The zero-order valence-corrected chi connectivity index (χ0v) is 15.8. The van der Waals surface area contributed by atoms with E-state index < -0.39 is 0 Å². The van der Waals surface area contributed by atoms with E-state index >= 15 is 0 Å². The van der Waals surface area contributed by atoms with Gasteiger partial charge >= 0.3 is 0 Å². The molecule has 4 rings (SSSR count). The second-order valence-electron chi connectivity index (χ2n) is 6.74. The summed E-state index contributed by atoms with van der Waals surface area (Å²) in [5.74, 6) is -0.160. The molecule has 1 aliphatic heterocycles. The summed E-state index contributed by atoms with van der Waals surface area (Å²) >= 11 is 0. The van der Waals surface area contributed by atoms with E-state index in [-0.39, 0.29) is 17.6 Å². The minimum absolute atomic E-state index is 0.212. The number of ether oxygens (including phenoxy) is 1. The lowest BCUT2D eigenvalue weighted by Gasteiger charge is -2.18. The van der Waals surface area contributed by atoms with Gasteiger partial charge in [0.15, 0.2) is 0 Å². The van der Waals surface area contributed by atoms with Crippen molar-refractivity contribution < 1.29 is 18.7 Å². The predicted octanol–water partition coefficient (Wildman–Crippen LogP) is 4.29. The van der Waals surface area contributed by atoms with Crippen LogP contribution in [0.1, 0.15) is 26.3 Å². The standard InChI is InChI=1S/C23H19FN2O3/c1-29-20-10-8-19(9-11-20)25-22(27)17-3-2-15-12-13-26(21(15)14-17)23(28)16-4-6-18(24)7-5-16/h2-11,14H,12-13H2,1H3,(H,25,27). The van der Waals surface area contributed by atoms with E-state index in [1.54, 1.807) is 48.4 Å². The van der Waals surface area contributed by atoms with Crippen molar-refractivity contribution in [3.05, 3.63) is 89.2 Å². The van der Waals surface area contributed by atoms with Crippen LogP contribution in [0.25, 0.3) is 0 Å². The van der Waals surface area contributed by atoms with Crippen LogP contribution in [0.3, 0.4) is 0 Å². The number of rotatable bonds is 4. The molecule has 146 valence electrons. The van der Waals surface area contributed by atoms with Crippen LogP contribution in [-0.4, -0.2) is 25.5 Å². The van der Waals surface area contributed by atoms with Crippen molar-refractivity contribution in [2.24, 2.45) is 0 Å². The monoisotopic (exact) mass is 390 g/mol. The molecule has 5 nitrogen and oxygen atoms in total. The summed E-state index contributed by atoms with van der Waals surface area (Å²) in [4.78, 5) is 27.1. The van der Waals surface area contributed by atoms with Crippen molar-refractivity contribution in [1.82, 2.24) is 0 Å². The van der Waals surface area contributed by atoms with Gasteiger partial charge in [0.05, 0.1) is 7.11 Å². The summed E-state index contributed by atoms with van der Waals surface area (Å²) in [6, 6.07) is 17.9. The lowest BCUT2D eigenvalue weighted by Crippen LogP contribution is -2.29. The van der Waals surface area contributed by atoms with E-state index in [2.05, 4.69) is 5.32 Å². The molecule has 6 heteroatoms. The number of nitrogens with zero attached hydrogens (tertiary/aromatic N) is 1. The molecule has 0 radical (unpaired) electrons. The van der Waals surface area contributed by atoms with Gasteiger partial charge in [0.1, 0.15) is 11.6 Å². The van der Waals surface area contributed by atoms with Gasteiger partial charge in [-0.1, -0.05) is 6.07 Å². The number of methoxy groups -OCH3 is 1. The Kier molecular flexibility index (Phi) is 4.99. The Hall–Kier alpha value is -3.67. The van der Waals surface area contributed by atoms with Gasteiger partial charge in [-0.25, -0.2) is 4.39 Å². The number of carbonyl (C=O) groups is 2. The number of benzene rings is 3. The third-order valence-electron chi connectivity index (χ3n) is 4.93. The van der Waals surface area contributed by atoms with Crippen LogP contribution in [0.15, 0.2) is 66.7 Å². The van der Waals surface area contributed by atoms with Crippen molar-refractivity contribution in [2.75, 3.05) is 23.9 Å². The van der Waals surface area contributed by atoms with Gasteiger partial charge in [-0.2, -0.15) is 0 Å². The molecule has 3 aromatic carbocycles. The summed E-state index contributed by atoms with van der Waals surface area (Å²) in [7, 11) is 1.58. The maximum absolute atomic E-state index is 13.2. The summed E-state index contributed by atoms with van der Waals surface area (Å²) in [5.41, 5.74) is 3.23. The molecule has 1 heterocycles. The van der Waals surface area contributed by atoms with Gasteiger partial charge in [-0.05, 0) is 72.6 Å². The molecule has 0 unspecified atom stereocenters. The van der Waals surface area contributed by atoms with Crippen LogP contribution in [0.5, 0.6) is 5.75 Å². The number of hydrogen-bond acceptors (Lipinski definition) is 3. The van der Waals surface area contributed by atoms with Crippen molar-refractivity contribution >= 4 is 23.2 Å². The maximum atomic E-state index is 13.2. The molecule has 2 amide bonds. The third-order valence-corrected chi connectivity index (χ3v) is 4.93. The summed E-state index contributed by atoms with van der Waals surface area (Å²) in [6.07, 6.45) is 0.711. The van der Waals surface area contributed by atoms with Crippen LogP contribution in [0.2, 0.25) is 0 Å². The Morgan fingerprint density at radius 3 is 2.34 bits per heavy atom. The third kappa shape index (κ3) is 3.82. The Morgan fingerprint density at radius 1 is 0.966 bits per heavy atom. The SMILES string of the molecule is COc1ccc(NC(=O)c2ccc3c(c2)N(C(=O)c2ccc(F)cc2)CC3)cc1. The average molecular weight is 390 g/mol. The Bertz CT molecular complexity index is 1060. The van der Waals surface area contributed by atoms with Gasteiger partial charge in [-0.3, -0.25) is 9.59 Å². The predicted molar refractivity (Wildman–Crippen MR) is 109 cm³/mol. The highest BCUT2D eigenvalue weighted by Crippen LogP contribution is 2.31. The normalized spacial score (nSPS) is 12.4. The number of amides is 2. The van der Waals surface area contributed by atoms with Gasteiger partial charge in [0.25, 0.3) is 11.8 Å². The quantitative estimate of drug-likeness (QED) is 0.723. The lowest BCUT2D eigenvalue weighted by atomic mass is 10.1. The lowest BCUT2D eigenvalue weighted by molar-refractivity contribution is 0.0986. The number of fused-ring (bicyclic) bond motifs is 1. The van der Waals surface area contributed by atoms with Crippen molar-refractivity contribution in [2.45, 2.75) is 6.42 Å². The fraction of sp³-hybridized carbons (Fsp3) is 0.130. The molecule has 0 aromatic heterocycles. The molecule has 0 saturated heterocycles. The van der Waals surface area contributed by atoms with Crippen LogP contribution >= 0.6 is 0 Å². The first-order valence-corrected chi connectivity index (χ1v) is 9.21. The van der Waals surface area contributed by atoms with Crippen LogP contribution < -0.4 is 15.0 Å². The van der Waals surface area contributed by atoms with Gasteiger partial charge in [-0.15, -0.1) is 0 Å². The molecule has 0 atom stereocenters. The second kappa shape index (κ2) is 7.75. The molecular formula is C23H19FN2O3. The first-order chi connectivity index (χ1) is 14.0. The van der Waals surface area contributed by atoms with E-state index in [0.29, 0.717) is 41.2 Å². The largest absolute Gasteiger partial charge is 0.497 e. The highest BCUT2D eigenvalue weighted by molar-refractivity contribution is 6.09. The van der Waals surface area contributed by atoms with Crippen LogP contribution in [0, 0.1) is 5.82 Å². The molecule has 1 N–H and O–H groups in total. The maximum Gasteiger partial charge on any atom is 0.258 e. The molecular weight excluding hydrogens is 371 g/mol. The molecule has 0 saturated carbocycles. The number of hydrogen-bond donors (Lipinski definition) is 1. The molecule has 29 heavy (non-hydrogen) atoms. The zero-order valence-electron chi connectivity index (χ0n) is 15.8. The van der Waals surface area contributed by atoms with Crippen molar-refractivity contribution in [3.8, 4) is 5.75 Å². The van der Waals surface area contributed by atoms with E-state index in [1.807, 2.05) is 6.07 Å². The Balaban J connectivity index is 1.55. The van der Waals surface area contributed by atoms with Gasteiger partial charge in [0, 0.05) is 29.0 Å². The highest BCUT2D eigenvalue weighted by Gasteiger charge is 2.26. The highest BCUT2D eigenvalue weighted by atomic mass is 19.1. The van der Waals surface area contributed by atoms with Crippen molar-refractivity contribution in [3.63, 3.8) is 0 Å². The minimum Gasteiger partial charge on any atom is -0.497 e. The average Bonchev–Trinajstić information content (AvgIpc) is 3.17. The Labute approximate surface area is 167 Å². The molecule has 0 bridgehead atoms. The van der Waals surface area contributed by atoms with Gasteiger partial charge in [0.2, 0.25) is 0 Å². The van der Waals surface area contributed by atoms with E-state index in [0.717, 1.165) is 5.56 Å². The first-order valence-electron chi connectivity index (χ1n) is 9.21. The molecule has 0 spiro atoms. The molecule has 3 aromatic rings. The summed E-state index contributed by atoms with van der Waals surface area (Å²) in [5, 5.41) is 2.84. The number of nitrogens with one attached hydrogen (secondary N) is 1. The minimum atomic E-state index is -0.388. The summed E-state index contributed by atoms with van der Waals surface area (Å²) in [6.45, 7) is 0.523. The second-order valence-corrected chi connectivity index (χ2v) is 6.74. The van der Waals surface area contributed by atoms with E-state index in [4.69, 9.17) is 4.74 Å². The molecule has 0 aliphatic carbocycles.